The number of nitrogens with one attached hydrogen (secondary N) is 1. The van der Waals surface area contributed by atoms with E-state index in [4.69, 9.17) is 21.1 Å². The Kier molecular flexibility index (Phi) is 7.48. The summed E-state index contributed by atoms with van der Waals surface area (Å²) in [7, 11) is 0. The maximum Gasteiger partial charge on any atom is 0.243 e. The van der Waals surface area contributed by atoms with Gasteiger partial charge in [-0.3, -0.25) is 0 Å². The highest BCUT2D eigenvalue weighted by Crippen LogP contribution is 2.35. The van der Waals surface area contributed by atoms with Crippen molar-refractivity contribution >= 4 is 33.5 Å². The molecule has 1 heterocycles. The predicted octanol–water partition coefficient (Wildman–Crippen LogP) is 4.86. The summed E-state index contributed by atoms with van der Waals surface area (Å²) in [5.74, 6) is 1.86. The van der Waals surface area contributed by atoms with Gasteiger partial charge < -0.3 is 14.8 Å². The number of ether oxygens (including phenoxy) is 2. The van der Waals surface area contributed by atoms with Gasteiger partial charge in [0, 0.05) is 21.6 Å². The lowest BCUT2D eigenvalue weighted by molar-refractivity contribution is 0.269. The number of anilines is 1. The maximum absolute atomic E-state index is 6.22. The summed E-state index contributed by atoms with van der Waals surface area (Å²) >= 11 is 9.83. The zero-order chi connectivity index (χ0) is 20.6. The van der Waals surface area contributed by atoms with Crippen LogP contribution >= 0.6 is 27.5 Å². The lowest BCUT2D eigenvalue weighted by atomic mass is 10.2. The molecule has 0 spiro atoms. The third-order valence-electron chi connectivity index (χ3n) is 4.02. The molecule has 0 amide bonds. The molecule has 0 fully saturated rings. The Morgan fingerprint density at radius 3 is 2.76 bits per heavy atom. The molecule has 0 saturated heterocycles. The van der Waals surface area contributed by atoms with Crippen molar-refractivity contribution in [3.05, 3.63) is 69.7 Å². The number of hydrogen-bond acceptors (Lipinski definition) is 6. The second-order valence-corrected chi connectivity index (χ2v) is 7.29. The lowest BCUT2D eigenvalue weighted by Gasteiger charge is -2.16. The van der Waals surface area contributed by atoms with Gasteiger partial charge in [-0.2, -0.15) is 0 Å². The van der Waals surface area contributed by atoms with E-state index in [1.807, 2.05) is 43.3 Å². The number of benzene rings is 2. The van der Waals surface area contributed by atoms with Crippen molar-refractivity contribution in [2.45, 2.75) is 26.6 Å². The van der Waals surface area contributed by atoms with Crippen LogP contribution in [-0.4, -0.2) is 26.8 Å². The van der Waals surface area contributed by atoms with Gasteiger partial charge in [0.2, 0.25) is 5.95 Å². The van der Waals surface area contributed by atoms with E-state index >= 15 is 0 Å². The molecule has 0 radical (unpaired) electrons. The molecule has 0 unspecified atom stereocenters. The summed E-state index contributed by atoms with van der Waals surface area (Å²) in [6, 6.07) is 11.4. The highest BCUT2D eigenvalue weighted by atomic mass is 79.9. The van der Waals surface area contributed by atoms with Crippen molar-refractivity contribution in [2.24, 2.45) is 0 Å². The molecular formula is C20H21BrClN5O2. The van der Waals surface area contributed by atoms with Gasteiger partial charge in [0.25, 0.3) is 0 Å². The van der Waals surface area contributed by atoms with E-state index in [-0.39, 0.29) is 0 Å². The van der Waals surface area contributed by atoms with Crippen LogP contribution in [0, 0.1) is 0 Å². The SMILES string of the molecule is C=CCn1nnnc1NCc1cc(OCC)c(OCc2ccccc2Cl)cc1Br. The number of allylic oxidation sites excluding steroid dienone is 1. The molecule has 3 rings (SSSR count). The first-order valence-electron chi connectivity index (χ1n) is 9.04. The Morgan fingerprint density at radius 1 is 1.21 bits per heavy atom. The van der Waals surface area contributed by atoms with Gasteiger partial charge in [-0.1, -0.05) is 56.9 Å². The van der Waals surface area contributed by atoms with Crippen molar-refractivity contribution in [3.8, 4) is 11.5 Å². The van der Waals surface area contributed by atoms with Crippen molar-refractivity contribution in [2.75, 3.05) is 11.9 Å². The van der Waals surface area contributed by atoms with Crippen LogP contribution in [0.5, 0.6) is 11.5 Å². The summed E-state index contributed by atoms with van der Waals surface area (Å²) in [5, 5.41) is 15.5. The largest absolute Gasteiger partial charge is 0.490 e. The number of rotatable bonds is 10. The molecule has 1 aromatic heterocycles. The van der Waals surface area contributed by atoms with Crippen LogP contribution in [0.2, 0.25) is 5.02 Å². The summed E-state index contributed by atoms with van der Waals surface area (Å²) in [4.78, 5) is 0. The molecule has 1 N–H and O–H groups in total. The molecule has 7 nitrogen and oxygen atoms in total. The van der Waals surface area contributed by atoms with Crippen molar-refractivity contribution in [1.29, 1.82) is 0 Å². The minimum absolute atomic E-state index is 0.347. The van der Waals surface area contributed by atoms with Gasteiger partial charge in [0.1, 0.15) is 6.61 Å². The number of aromatic nitrogens is 4. The van der Waals surface area contributed by atoms with Crippen LogP contribution < -0.4 is 14.8 Å². The quantitative estimate of drug-likeness (QED) is 0.419. The topological polar surface area (TPSA) is 74.1 Å². The van der Waals surface area contributed by atoms with Gasteiger partial charge in [-0.15, -0.1) is 6.58 Å². The van der Waals surface area contributed by atoms with E-state index in [0.29, 0.717) is 48.8 Å². The van der Waals surface area contributed by atoms with Crippen molar-refractivity contribution in [3.63, 3.8) is 0 Å². The standard InChI is InChI=1S/C20H21BrClN5O2/c1-3-9-27-20(24-25-26-27)23-12-15-10-18(28-4-2)19(11-16(15)21)29-13-14-7-5-6-8-17(14)22/h3,5-8,10-11H,1,4,9,12-13H2,2H3,(H,23,24,26). The third kappa shape index (κ3) is 5.48. The average Bonchev–Trinajstić information content (AvgIpc) is 3.15. The van der Waals surface area contributed by atoms with Crippen LogP contribution in [0.4, 0.5) is 5.95 Å². The first-order chi connectivity index (χ1) is 14.1. The van der Waals surface area contributed by atoms with Gasteiger partial charge in [0.05, 0.1) is 13.2 Å². The Morgan fingerprint density at radius 2 is 2.00 bits per heavy atom. The third-order valence-corrected chi connectivity index (χ3v) is 5.13. The van der Waals surface area contributed by atoms with Crippen LogP contribution in [0.3, 0.4) is 0 Å². The zero-order valence-electron chi connectivity index (χ0n) is 15.9. The summed E-state index contributed by atoms with van der Waals surface area (Å²) in [6.07, 6.45) is 1.73. The Labute approximate surface area is 182 Å². The highest BCUT2D eigenvalue weighted by Gasteiger charge is 2.13. The van der Waals surface area contributed by atoms with E-state index in [2.05, 4.69) is 43.4 Å². The fraction of sp³-hybridized carbons (Fsp3) is 0.250. The van der Waals surface area contributed by atoms with Crippen molar-refractivity contribution in [1.82, 2.24) is 20.2 Å². The Hall–Kier alpha value is -2.58. The van der Waals surface area contributed by atoms with Crippen LogP contribution in [0.25, 0.3) is 0 Å². The molecule has 0 bridgehead atoms. The maximum atomic E-state index is 6.22. The normalized spacial score (nSPS) is 10.6. The van der Waals surface area contributed by atoms with E-state index in [1.54, 1.807) is 10.8 Å². The molecule has 3 aromatic rings. The second-order valence-electron chi connectivity index (χ2n) is 6.03. The minimum atomic E-state index is 0.347. The van der Waals surface area contributed by atoms with Gasteiger partial charge in [-0.05, 0) is 41.1 Å². The van der Waals surface area contributed by atoms with Crippen LogP contribution in [-0.2, 0) is 19.7 Å². The number of hydrogen-bond donors (Lipinski definition) is 1. The fourth-order valence-corrected chi connectivity index (χ4v) is 3.27. The lowest BCUT2D eigenvalue weighted by Crippen LogP contribution is -2.09. The monoisotopic (exact) mass is 477 g/mol. The number of tetrazole rings is 1. The van der Waals surface area contributed by atoms with Crippen molar-refractivity contribution < 1.29 is 9.47 Å². The predicted molar refractivity (Wildman–Crippen MR) is 116 cm³/mol. The highest BCUT2D eigenvalue weighted by molar-refractivity contribution is 9.10. The zero-order valence-corrected chi connectivity index (χ0v) is 18.3. The molecule has 9 heteroatoms. The second kappa shape index (κ2) is 10.3. The summed E-state index contributed by atoms with van der Waals surface area (Å²) in [5.41, 5.74) is 1.89. The van der Waals surface area contributed by atoms with Crippen LogP contribution in [0.15, 0.2) is 53.5 Å². The molecule has 0 atom stereocenters. The van der Waals surface area contributed by atoms with Gasteiger partial charge >= 0.3 is 0 Å². The average molecular weight is 479 g/mol. The summed E-state index contributed by atoms with van der Waals surface area (Å²) in [6.45, 7) is 7.53. The number of halogens is 2. The molecule has 0 aliphatic rings. The number of nitrogens with zero attached hydrogens (tertiary/aromatic N) is 4. The van der Waals surface area contributed by atoms with E-state index in [0.717, 1.165) is 15.6 Å². The molecule has 0 aliphatic carbocycles. The van der Waals surface area contributed by atoms with E-state index in [9.17, 15) is 0 Å². The molecule has 0 aliphatic heterocycles. The smallest absolute Gasteiger partial charge is 0.243 e. The molecule has 0 saturated carbocycles. The minimum Gasteiger partial charge on any atom is -0.490 e. The van der Waals surface area contributed by atoms with Crippen LogP contribution in [0.1, 0.15) is 18.1 Å². The van der Waals surface area contributed by atoms with Gasteiger partial charge in [-0.25, -0.2) is 4.68 Å². The Bertz CT molecular complexity index is 979. The molecule has 29 heavy (non-hydrogen) atoms. The van der Waals surface area contributed by atoms with Gasteiger partial charge in [0.15, 0.2) is 11.5 Å². The molecular weight excluding hydrogens is 458 g/mol. The first kappa shape index (κ1) is 21.1. The fourth-order valence-electron chi connectivity index (χ4n) is 2.62. The first-order valence-corrected chi connectivity index (χ1v) is 10.2. The molecule has 2 aromatic carbocycles. The molecule has 152 valence electrons. The Balaban J connectivity index is 1.75. The van der Waals surface area contributed by atoms with E-state index < -0.39 is 0 Å². The van der Waals surface area contributed by atoms with E-state index in [1.165, 1.54) is 0 Å². The summed E-state index contributed by atoms with van der Waals surface area (Å²) < 4.78 is 14.3.